The van der Waals surface area contributed by atoms with Gasteiger partial charge in [0.25, 0.3) is 0 Å². The number of pyridine rings is 1. The van der Waals surface area contributed by atoms with Gasteiger partial charge in [0.15, 0.2) is 0 Å². The maximum atomic E-state index is 6.68. The van der Waals surface area contributed by atoms with Crippen LogP contribution in [0.15, 0.2) is 134 Å². The van der Waals surface area contributed by atoms with Crippen molar-refractivity contribution in [2.45, 2.75) is 67.2 Å². The fourth-order valence-corrected chi connectivity index (χ4v) is 9.89. The standard InChI is InChI=1S/C54H50N4O.Pt/c1-36-37(2)50(39-18-11-9-12-19-39)52(51(38(36)3)40-20-13-10-14-21-40)58-35-57(46-24-15-16-25-47(46)58)43-22-17-23-44(31-43)59-45-27-26-41-33-54(7,8)34-56(48(41)32-45)49-30-42(28-29-55-49)53(4,5)6;/h9-30H,33-34H2,1-8H3;/q-2;. The molecule has 1 aliphatic heterocycles. The number of imidazole rings is 1. The predicted octanol–water partition coefficient (Wildman–Crippen LogP) is 13.6. The van der Waals surface area contributed by atoms with Gasteiger partial charge in [0.2, 0.25) is 0 Å². The Hall–Kier alpha value is -5.77. The van der Waals surface area contributed by atoms with Gasteiger partial charge in [-0.15, -0.1) is 0 Å². The molecule has 0 spiro atoms. The zero-order valence-electron chi connectivity index (χ0n) is 35.6. The minimum atomic E-state index is 0.00983. The second-order valence-electron chi connectivity index (χ2n) is 17.9. The van der Waals surface area contributed by atoms with Gasteiger partial charge in [-0.05, 0) is 17.0 Å². The number of benzene rings is 6. The first-order valence-corrected chi connectivity index (χ1v) is 21.9. The summed E-state index contributed by atoms with van der Waals surface area (Å²) < 4.78 is 12.5. The van der Waals surface area contributed by atoms with Crippen molar-refractivity contribution in [3.05, 3.63) is 177 Å². The fraction of sp³-hybridized carbons (Fsp3) is 0.222. The van der Waals surface area contributed by atoms with Crippen LogP contribution in [-0.4, -0.2) is 20.7 Å². The van der Waals surface area contributed by atoms with E-state index in [1.807, 2.05) is 18.3 Å². The van der Waals surface area contributed by atoms with Crippen molar-refractivity contribution >= 4 is 22.5 Å². The fourth-order valence-electron chi connectivity index (χ4n) is 8.82. The third-order valence-electron chi connectivity index (χ3n) is 12.0. The predicted molar refractivity (Wildman–Crippen MR) is 243 cm³/mol. The van der Waals surface area contributed by atoms with Crippen molar-refractivity contribution in [1.29, 1.82) is 0 Å². The van der Waals surface area contributed by atoms with E-state index in [9.17, 15) is 0 Å². The van der Waals surface area contributed by atoms with E-state index in [1.54, 1.807) is 0 Å². The van der Waals surface area contributed by atoms with Crippen molar-refractivity contribution in [2.75, 3.05) is 11.4 Å². The molecule has 0 fully saturated rings. The summed E-state index contributed by atoms with van der Waals surface area (Å²) in [5.74, 6) is 2.20. The Morgan fingerprint density at radius 2 is 1.27 bits per heavy atom. The van der Waals surface area contributed by atoms with Crippen LogP contribution >= 0.6 is 0 Å². The third-order valence-corrected chi connectivity index (χ3v) is 13.0. The van der Waals surface area contributed by atoms with Gasteiger partial charge in [0.05, 0.1) is 0 Å². The molecule has 0 unspecified atom stereocenters. The van der Waals surface area contributed by atoms with Crippen molar-refractivity contribution in [3.8, 4) is 45.1 Å². The van der Waals surface area contributed by atoms with Gasteiger partial charge >= 0.3 is 309 Å². The number of anilines is 2. The number of aromatic nitrogens is 3. The molecule has 0 radical (unpaired) electrons. The van der Waals surface area contributed by atoms with E-state index in [0.29, 0.717) is 11.5 Å². The van der Waals surface area contributed by atoms with E-state index < -0.39 is 0 Å². The molecule has 0 atom stereocenters. The van der Waals surface area contributed by atoms with Crippen LogP contribution in [0.3, 0.4) is 0 Å². The molecule has 0 saturated heterocycles. The molecular formula is C54H50N4OPt-2. The molecule has 1 aliphatic rings. The molecule has 2 aromatic heterocycles. The number of hydrogen-bond donors (Lipinski definition) is 0. The number of ether oxygens (including phenoxy) is 1. The Labute approximate surface area is 365 Å². The summed E-state index contributed by atoms with van der Waals surface area (Å²) in [5, 5.41) is 0. The van der Waals surface area contributed by atoms with Crippen LogP contribution in [0.1, 0.15) is 62.4 Å². The number of fused-ring (bicyclic) bond motifs is 2. The quantitative estimate of drug-likeness (QED) is 0.149. The van der Waals surface area contributed by atoms with Crippen LogP contribution in [-0.2, 0) is 31.2 Å². The summed E-state index contributed by atoms with van der Waals surface area (Å²) in [4.78, 5) is 7.18. The van der Waals surface area contributed by atoms with Crippen LogP contribution in [0.25, 0.3) is 44.7 Å². The Morgan fingerprint density at radius 3 is 1.90 bits per heavy atom. The van der Waals surface area contributed by atoms with Crippen molar-refractivity contribution in [2.24, 2.45) is 5.41 Å². The third kappa shape index (κ3) is 7.17. The van der Waals surface area contributed by atoms with E-state index in [0.717, 1.165) is 45.0 Å². The van der Waals surface area contributed by atoms with E-state index in [-0.39, 0.29) is 10.8 Å². The van der Waals surface area contributed by atoms with E-state index >= 15 is 0 Å². The molecule has 3 heterocycles. The topological polar surface area (TPSA) is 35.2 Å². The summed E-state index contributed by atoms with van der Waals surface area (Å²) in [6.45, 7) is 19.0. The summed E-state index contributed by atoms with van der Waals surface area (Å²) in [6, 6.07) is 52.4. The number of para-hydroxylation sites is 2. The van der Waals surface area contributed by atoms with Gasteiger partial charge in [-0.1, -0.05) is 34.6 Å². The van der Waals surface area contributed by atoms with Gasteiger partial charge in [0, 0.05) is 6.20 Å². The van der Waals surface area contributed by atoms with Crippen LogP contribution in [0.2, 0.25) is 0 Å². The number of hydrogen-bond acceptors (Lipinski definition) is 3. The van der Waals surface area contributed by atoms with E-state index in [2.05, 4.69) is 216 Å². The molecule has 60 heavy (non-hydrogen) atoms. The summed E-state index contributed by atoms with van der Waals surface area (Å²) in [6.07, 6.45) is 2.88. The zero-order chi connectivity index (χ0) is 41.9. The van der Waals surface area contributed by atoms with E-state index in [1.165, 1.54) is 55.8 Å². The number of nitrogens with zero attached hydrogens (tertiary/aromatic N) is 4. The minimum absolute atomic E-state index is 0.00983. The van der Waals surface area contributed by atoms with Gasteiger partial charge in [-0.3, -0.25) is 0 Å². The molecule has 0 N–H and O–H groups in total. The van der Waals surface area contributed by atoms with Gasteiger partial charge in [-0.2, -0.15) is 0 Å². The van der Waals surface area contributed by atoms with Crippen molar-refractivity contribution < 1.29 is 24.1 Å². The first-order valence-electron chi connectivity index (χ1n) is 20.7. The van der Waals surface area contributed by atoms with Gasteiger partial charge in [-0.25, -0.2) is 0 Å². The Bertz CT molecular complexity index is 2900. The average Bonchev–Trinajstić information content (AvgIpc) is 3.53. The Kier molecular flexibility index (Phi) is 10.2. The molecule has 0 amide bonds. The van der Waals surface area contributed by atoms with Crippen LogP contribution in [0.4, 0.5) is 11.5 Å². The normalized spacial score (nSPS) is 13.7. The van der Waals surface area contributed by atoms with Crippen molar-refractivity contribution in [1.82, 2.24) is 14.1 Å². The maximum absolute atomic E-state index is 6.68. The number of rotatable bonds is 7. The van der Waals surface area contributed by atoms with Crippen LogP contribution in [0.5, 0.6) is 11.5 Å². The summed E-state index contributed by atoms with van der Waals surface area (Å²) >= 11 is 2.51. The molecule has 5 nitrogen and oxygen atoms in total. The molecular weight excluding hydrogens is 916 g/mol. The van der Waals surface area contributed by atoms with Crippen molar-refractivity contribution in [3.63, 3.8) is 0 Å². The summed E-state index contributed by atoms with van der Waals surface area (Å²) in [7, 11) is 0. The monoisotopic (exact) mass is 965 g/mol. The molecule has 9 rings (SSSR count). The second kappa shape index (κ2) is 15.4. The van der Waals surface area contributed by atoms with Gasteiger partial charge < -0.3 is 0 Å². The SMILES string of the molecule is Cc1c(C)c(-c2ccccc2)c(-n2[c](=[Pt])n(-c3[c-]c(Oc4[c-]c5c(cc4)CC(C)(C)CN5c4cc(C(C)(C)C)ccn4)ccc3)c3ccccc32)c(-c2ccccc2)c1C. The molecule has 0 bridgehead atoms. The van der Waals surface area contributed by atoms with E-state index in [4.69, 9.17) is 9.72 Å². The Morgan fingerprint density at radius 1 is 0.667 bits per heavy atom. The summed E-state index contributed by atoms with van der Waals surface area (Å²) in [5.41, 5.74) is 16.5. The molecule has 304 valence electrons. The molecule has 6 heteroatoms. The molecule has 8 aromatic rings. The molecule has 6 aromatic carbocycles. The van der Waals surface area contributed by atoms with Crippen LogP contribution < -0.4 is 9.64 Å². The molecule has 0 aliphatic carbocycles. The zero-order valence-corrected chi connectivity index (χ0v) is 37.9. The first kappa shape index (κ1) is 39.7. The first-order chi connectivity index (χ1) is 28.8. The molecule has 0 saturated carbocycles. The second-order valence-corrected chi connectivity index (χ2v) is 18.9. The average molecular weight is 966 g/mol. The van der Waals surface area contributed by atoms with Crippen LogP contribution in [0, 0.1) is 42.1 Å². The van der Waals surface area contributed by atoms with Gasteiger partial charge in [0.1, 0.15) is 0 Å². The Balaban J connectivity index is 1.18.